The van der Waals surface area contributed by atoms with E-state index in [2.05, 4.69) is 15.6 Å². The summed E-state index contributed by atoms with van der Waals surface area (Å²) in [6.45, 7) is 1.10. The number of urea groups is 1. The zero-order valence-corrected chi connectivity index (χ0v) is 18.2. The highest BCUT2D eigenvalue weighted by Crippen LogP contribution is 2.48. The van der Waals surface area contributed by atoms with Gasteiger partial charge in [0.1, 0.15) is 5.52 Å². The van der Waals surface area contributed by atoms with Gasteiger partial charge in [-0.2, -0.15) is 0 Å². The number of benzene rings is 1. The van der Waals surface area contributed by atoms with Crippen LogP contribution in [-0.4, -0.2) is 65.9 Å². The summed E-state index contributed by atoms with van der Waals surface area (Å²) in [4.78, 5) is 33.0. The van der Waals surface area contributed by atoms with E-state index in [1.165, 1.54) is 0 Å². The van der Waals surface area contributed by atoms with Crippen LogP contribution in [-0.2, 0) is 5.54 Å². The van der Waals surface area contributed by atoms with E-state index in [1.807, 2.05) is 0 Å². The Morgan fingerprint density at radius 2 is 1.94 bits per heavy atom. The number of aromatic nitrogens is 1. The molecule has 1 aliphatic carbocycles. The second kappa shape index (κ2) is 8.15. The van der Waals surface area contributed by atoms with Gasteiger partial charge in [-0.05, 0) is 18.9 Å². The highest BCUT2D eigenvalue weighted by atomic mass is 35.5. The van der Waals surface area contributed by atoms with Crippen molar-refractivity contribution in [3.05, 3.63) is 22.5 Å². The SMILES string of the molecule is O=C1Nc2c(Cl)cc3nc(C(=O)N4CCN(CC(F)F)CC4)oc3c2C2(CCCCC2)N1. The third kappa shape index (κ3) is 3.69. The summed E-state index contributed by atoms with van der Waals surface area (Å²) >= 11 is 6.50. The minimum absolute atomic E-state index is 0.0605. The van der Waals surface area contributed by atoms with Crippen LogP contribution in [0.2, 0.25) is 5.02 Å². The predicted octanol–water partition coefficient (Wildman–Crippen LogP) is 3.80. The Morgan fingerprint density at radius 3 is 2.62 bits per heavy atom. The molecule has 32 heavy (non-hydrogen) atoms. The molecule has 2 fully saturated rings. The first-order chi connectivity index (χ1) is 15.4. The lowest BCUT2D eigenvalue weighted by Crippen LogP contribution is -2.52. The number of hydrogen-bond acceptors (Lipinski definition) is 5. The van der Waals surface area contributed by atoms with Crippen molar-refractivity contribution < 1.29 is 22.8 Å². The molecule has 1 saturated heterocycles. The molecule has 0 bridgehead atoms. The van der Waals surface area contributed by atoms with Crippen molar-refractivity contribution in [2.75, 3.05) is 38.0 Å². The number of amides is 3. The van der Waals surface area contributed by atoms with Crippen LogP contribution in [0.25, 0.3) is 11.1 Å². The maximum Gasteiger partial charge on any atom is 0.319 e. The Bertz CT molecular complexity index is 1060. The number of anilines is 1. The summed E-state index contributed by atoms with van der Waals surface area (Å²) in [5, 5.41) is 6.20. The first-order valence-corrected chi connectivity index (χ1v) is 11.3. The van der Waals surface area contributed by atoms with Gasteiger partial charge in [-0.25, -0.2) is 18.6 Å². The number of fused-ring (bicyclic) bond motifs is 4. The second-order valence-corrected chi connectivity index (χ2v) is 9.09. The molecule has 2 N–H and O–H groups in total. The third-order valence-electron chi connectivity index (χ3n) is 6.65. The fourth-order valence-corrected chi connectivity index (χ4v) is 5.37. The van der Waals surface area contributed by atoms with E-state index in [-0.39, 0.29) is 24.4 Å². The molecule has 11 heteroatoms. The lowest BCUT2D eigenvalue weighted by Gasteiger charge is -2.42. The number of rotatable bonds is 3. The summed E-state index contributed by atoms with van der Waals surface area (Å²) in [6, 6.07) is 1.29. The van der Waals surface area contributed by atoms with Crippen molar-refractivity contribution in [2.24, 2.45) is 0 Å². The molecule has 0 unspecified atom stereocenters. The van der Waals surface area contributed by atoms with Gasteiger partial charge in [0.15, 0.2) is 5.58 Å². The highest BCUT2D eigenvalue weighted by molar-refractivity contribution is 6.35. The number of oxazole rings is 1. The molecule has 0 atom stereocenters. The van der Waals surface area contributed by atoms with Gasteiger partial charge in [0, 0.05) is 31.7 Å². The summed E-state index contributed by atoms with van der Waals surface area (Å²) in [6.07, 6.45) is 2.10. The van der Waals surface area contributed by atoms with Crippen molar-refractivity contribution in [1.82, 2.24) is 20.1 Å². The number of alkyl halides is 2. The molecule has 3 aliphatic rings. The van der Waals surface area contributed by atoms with Crippen LogP contribution in [0.15, 0.2) is 10.5 Å². The van der Waals surface area contributed by atoms with Crippen molar-refractivity contribution in [3.8, 4) is 0 Å². The molecule has 8 nitrogen and oxygen atoms in total. The molecule has 1 spiro atoms. The van der Waals surface area contributed by atoms with Gasteiger partial charge >= 0.3 is 11.9 Å². The summed E-state index contributed by atoms with van der Waals surface area (Å²) < 4.78 is 31.2. The molecule has 5 rings (SSSR count). The third-order valence-corrected chi connectivity index (χ3v) is 6.95. The van der Waals surface area contributed by atoms with E-state index in [0.29, 0.717) is 48.0 Å². The van der Waals surface area contributed by atoms with Gasteiger partial charge in [-0.1, -0.05) is 30.9 Å². The lowest BCUT2D eigenvalue weighted by molar-refractivity contribution is 0.0436. The molecular formula is C21H24ClF2N5O3. The van der Waals surface area contributed by atoms with Crippen molar-refractivity contribution >= 4 is 40.3 Å². The van der Waals surface area contributed by atoms with Gasteiger partial charge < -0.3 is 20.0 Å². The quantitative estimate of drug-likeness (QED) is 0.716. The maximum atomic E-state index is 13.1. The van der Waals surface area contributed by atoms with E-state index >= 15 is 0 Å². The van der Waals surface area contributed by atoms with Crippen molar-refractivity contribution in [2.45, 2.75) is 44.1 Å². The van der Waals surface area contributed by atoms with Crippen LogP contribution in [0, 0.1) is 0 Å². The Kier molecular flexibility index (Phi) is 5.45. The number of carbonyl (C=O) groups is 2. The molecular weight excluding hydrogens is 444 g/mol. The van der Waals surface area contributed by atoms with Gasteiger partial charge in [0.2, 0.25) is 0 Å². The van der Waals surface area contributed by atoms with E-state index in [1.54, 1.807) is 15.9 Å². The lowest BCUT2D eigenvalue weighted by atomic mass is 9.74. The molecule has 2 aliphatic heterocycles. The fourth-order valence-electron chi connectivity index (χ4n) is 5.12. The number of carbonyl (C=O) groups excluding carboxylic acids is 2. The Morgan fingerprint density at radius 1 is 1.22 bits per heavy atom. The van der Waals surface area contributed by atoms with Crippen LogP contribution < -0.4 is 10.6 Å². The largest absolute Gasteiger partial charge is 0.432 e. The van der Waals surface area contributed by atoms with Crippen molar-refractivity contribution in [3.63, 3.8) is 0 Å². The summed E-state index contributed by atoms with van der Waals surface area (Å²) in [5.41, 5.74) is 1.53. The Labute approximate surface area is 188 Å². The minimum atomic E-state index is -2.40. The summed E-state index contributed by atoms with van der Waals surface area (Å²) in [7, 11) is 0. The molecule has 1 aromatic carbocycles. The van der Waals surface area contributed by atoms with E-state index in [9.17, 15) is 18.4 Å². The van der Waals surface area contributed by atoms with E-state index in [4.69, 9.17) is 16.0 Å². The molecule has 3 amide bonds. The molecule has 172 valence electrons. The smallest absolute Gasteiger partial charge is 0.319 e. The Hall–Kier alpha value is -2.46. The maximum absolute atomic E-state index is 13.1. The van der Waals surface area contributed by atoms with Gasteiger partial charge in [0.25, 0.3) is 12.3 Å². The van der Waals surface area contributed by atoms with Gasteiger partial charge in [-0.15, -0.1) is 0 Å². The standard InChI is InChI=1S/C21H24ClF2N5O3/c22-12-10-13-17(15-16(12)26-20(31)27-21(15)4-2-1-3-5-21)32-18(25-13)19(30)29-8-6-28(7-9-29)11-14(23)24/h10,14H,1-9,11H2,(H2,26,27,31). The number of hydrogen-bond donors (Lipinski definition) is 2. The number of halogens is 3. The minimum Gasteiger partial charge on any atom is -0.432 e. The monoisotopic (exact) mass is 467 g/mol. The average molecular weight is 468 g/mol. The summed E-state index contributed by atoms with van der Waals surface area (Å²) in [5.74, 6) is -0.442. The predicted molar refractivity (Wildman–Crippen MR) is 114 cm³/mol. The van der Waals surface area contributed by atoms with E-state index in [0.717, 1.165) is 37.7 Å². The number of piperazine rings is 1. The van der Waals surface area contributed by atoms with Crippen LogP contribution in [0.4, 0.5) is 19.3 Å². The average Bonchev–Trinajstić information content (AvgIpc) is 3.17. The van der Waals surface area contributed by atoms with E-state index < -0.39 is 12.0 Å². The normalized spacial score (nSPS) is 21.0. The van der Waals surface area contributed by atoms with Crippen molar-refractivity contribution in [1.29, 1.82) is 0 Å². The highest BCUT2D eigenvalue weighted by Gasteiger charge is 2.44. The number of nitrogens with zero attached hydrogens (tertiary/aromatic N) is 3. The van der Waals surface area contributed by atoms with Gasteiger partial charge in [-0.3, -0.25) is 9.69 Å². The first kappa shape index (κ1) is 21.4. The molecule has 1 aromatic heterocycles. The van der Waals surface area contributed by atoms with Crippen LogP contribution in [0.3, 0.4) is 0 Å². The molecule has 2 aromatic rings. The second-order valence-electron chi connectivity index (χ2n) is 8.68. The molecule has 1 saturated carbocycles. The van der Waals surface area contributed by atoms with Crippen LogP contribution in [0.5, 0.6) is 0 Å². The van der Waals surface area contributed by atoms with Gasteiger partial charge in [0.05, 0.1) is 22.8 Å². The fraction of sp³-hybridized carbons (Fsp3) is 0.571. The Balaban J connectivity index is 1.48. The van der Waals surface area contributed by atoms with Crippen LogP contribution >= 0.6 is 11.6 Å². The zero-order chi connectivity index (χ0) is 22.5. The first-order valence-electron chi connectivity index (χ1n) is 10.9. The zero-order valence-electron chi connectivity index (χ0n) is 17.4. The topological polar surface area (TPSA) is 90.7 Å². The van der Waals surface area contributed by atoms with Crippen LogP contribution in [0.1, 0.15) is 48.4 Å². The molecule has 0 radical (unpaired) electrons. The number of nitrogens with one attached hydrogen (secondary N) is 2. The molecule has 3 heterocycles.